The molecule has 0 N–H and O–H groups in total. The second-order valence-corrected chi connectivity index (χ2v) is 9.19. The molecule has 2 aromatic carbocycles. The second kappa shape index (κ2) is 7.90. The zero-order valence-electron chi connectivity index (χ0n) is 19.3. The molecule has 0 unspecified atom stereocenters. The lowest BCUT2D eigenvalue weighted by atomic mass is 9.96. The first-order valence-electron chi connectivity index (χ1n) is 11.3. The Kier molecular flexibility index (Phi) is 5.05. The molecule has 0 aliphatic carbocycles. The minimum atomic E-state index is 0.355. The summed E-state index contributed by atoms with van der Waals surface area (Å²) in [6.07, 6.45) is 1.89. The Labute approximate surface area is 189 Å². The van der Waals surface area contributed by atoms with E-state index >= 15 is 0 Å². The van der Waals surface area contributed by atoms with Gasteiger partial charge in [0.25, 0.3) is 0 Å². The number of hydrogen-bond acceptors (Lipinski definition) is 3. The Morgan fingerprint density at radius 2 is 1.56 bits per heavy atom. The maximum Gasteiger partial charge on any atom is 0.227 e. The number of hydrogen-bond donors (Lipinski definition) is 0. The van der Waals surface area contributed by atoms with Crippen molar-refractivity contribution in [2.45, 2.75) is 46.5 Å². The van der Waals surface area contributed by atoms with E-state index in [1.165, 1.54) is 11.1 Å². The van der Waals surface area contributed by atoms with Crippen LogP contribution in [0.3, 0.4) is 0 Å². The molecule has 0 aliphatic rings. The van der Waals surface area contributed by atoms with Gasteiger partial charge >= 0.3 is 0 Å². The van der Waals surface area contributed by atoms with Crippen molar-refractivity contribution in [2.24, 2.45) is 0 Å². The van der Waals surface area contributed by atoms with Crippen molar-refractivity contribution < 1.29 is 4.42 Å². The Bertz CT molecular complexity index is 1440. The predicted molar refractivity (Wildman–Crippen MR) is 133 cm³/mol. The summed E-state index contributed by atoms with van der Waals surface area (Å²) in [7, 11) is 0. The highest BCUT2D eigenvalue weighted by atomic mass is 16.3. The first kappa shape index (κ1) is 20.4. The Hall–Kier alpha value is -3.46. The summed E-state index contributed by atoms with van der Waals surface area (Å²) in [5.74, 6) is 0.847. The maximum absolute atomic E-state index is 6.35. The normalized spacial score (nSPS) is 11.8. The van der Waals surface area contributed by atoms with Gasteiger partial charge in [-0.25, -0.2) is 4.98 Å². The van der Waals surface area contributed by atoms with Gasteiger partial charge in [0.15, 0.2) is 0 Å². The van der Waals surface area contributed by atoms with E-state index in [1.54, 1.807) is 0 Å². The van der Waals surface area contributed by atoms with Gasteiger partial charge < -0.3 is 4.42 Å². The summed E-state index contributed by atoms with van der Waals surface area (Å²) in [4.78, 5) is 9.52. The van der Waals surface area contributed by atoms with Crippen LogP contribution in [-0.4, -0.2) is 9.97 Å². The van der Waals surface area contributed by atoms with E-state index < -0.39 is 0 Å². The molecule has 160 valence electrons. The molecule has 0 aliphatic heterocycles. The average Bonchev–Trinajstić information content (AvgIpc) is 3.16. The van der Waals surface area contributed by atoms with Crippen molar-refractivity contribution in [3.8, 4) is 22.4 Å². The molecule has 5 aromatic rings. The summed E-state index contributed by atoms with van der Waals surface area (Å²) < 4.78 is 6.35. The summed E-state index contributed by atoms with van der Waals surface area (Å²) in [6, 6.07) is 21.5. The van der Waals surface area contributed by atoms with Crippen molar-refractivity contribution in [3.63, 3.8) is 0 Å². The minimum Gasteiger partial charge on any atom is -0.437 e. The summed E-state index contributed by atoms with van der Waals surface area (Å²) in [5, 5.41) is 2.13. The molecular formula is C29H28N2O. The summed E-state index contributed by atoms with van der Waals surface area (Å²) in [6.45, 7) is 10.9. The molecule has 5 rings (SSSR count). The first-order chi connectivity index (χ1) is 15.4. The van der Waals surface area contributed by atoms with Gasteiger partial charge in [0.2, 0.25) is 5.71 Å². The standard InChI is InChI=1S/C29H28N2O/c1-17(2)20-7-6-8-21(15-20)22-13-14-30-26(16-22)27-19(5)9-10-23-24-11-12-25(18(3)4)31-29(24)32-28(23)27/h6-18H,1-5H3. The fourth-order valence-electron chi connectivity index (χ4n) is 4.30. The number of aromatic nitrogens is 2. The van der Waals surface area contributed by atoms with E-state index in [1.807, 2.05) is 6.20 Å². The second-order valence-electron chi connectivity index (χ2n) is 9.19. The third-order valence-electron chi connectivity index (χ3n) is 6.23. The highest BCUT2D eigenvalue weighted by Crippen LogP contribution is 2.38. The monoisotopic (exact) mass is 420 g/mol. The molecule has 3 aromatic heterocycles. The lowest BCUT2D eigenvalue weighted by Crippen LogP contribution is -1.91. The van der Waals surface area contributed by atoms with Gasteiger partial charge in [0, 0.05) is 28.2 Å². The molecule has 0 saturated heterocycles. The SMILES string of the molecule is Cc1ccc2c(oc3nc(C(C)C)ccc32)c1-c1cc(-c2cccc(C(C)C)c2)ccn1. The van der Waals surface area contributed by atoms with Gasteiger partial charge in [-0.1, -0.05) is 64.1 Å². The van der Waals surface area contributed by atoms with Crippen LogP contribution in [-0.2, 0) is 0 Å². The van der Waals surface area contributed by atoms with Crippen LogP contribution in [0.4, 0.5) is 0 Å². The number of pyridine rings is 2. The number of aryl methyl sites for hydroxylation is 1. The van der Waals surface area contributed by atoms with E-state index in [2.05, 4.69) is 95.3 Å². The molecule has 3 nitrogen and oxygen atoms in total. The Morgan fingerprint density at radius 3 is 2.34 bits per heavy atom. The zero-order valence-corrected chi connectivity index (χ0v) is 19.3. The molecule has 0 saturated carbocycles. The van der Waals surface area contributed by atoms with Crippen LogP contribution < -0.4 is 0 Å². The molecule has 0 atom stereocenters. The van der Waals surface area contributed by atoms with E-state index in [9.17, 15) is 0 Å². The molecule has 3 heteroatoms. The maximum atomic E-state index is 6.35. The summed E-state index contributed by atoms with van der Waals surface area (Å²) >= 11 is 0. The number of nitrogens with zero attached hydrogens (tertiary/aromatic N) is 2. The molecule has 3 heterocycles. The molecule has 0 radical (unpaired) electrons. The van der Waals surface area contributed by atoms with Crippen LogP contribution in [0.25, 0.3) is 44.5 Å². The third kappa shape index (κ3) is 3.48. The highest BCUT2D eigenvalue weighted by Gasteiger charge is 2.17. The summed E-state index contributed by atoms with van der Waals surface area (Å²) in [5.41, 5.74) is 9.39. The zero-order chi connectivity index (χ0) is 22.4. The highest BCUT2D eigenvalue weighted by molar-refractivity contribution is 6.09. The van der Waals surface area contributed by atoms with Crippen molar-refractivity contribution in [1.82, 2.24) is 9.97 Å². The van der Waals surface area contributed by atoms with Crippen LogP contribution >= 0.6 is 0 Å². The smallest absolute Gasteiger partial charge is 0.227 e. The van der Waals surface area contributed by atoms with Crippen LogP contribution in [0.15, 0.2) is 71.3 Å². The minimum absolute atomic E-state index is 0.355. The number of fused-ring (bicyclic) bond motifs is 3. The van der Waals surface area contributed by atoms with E-state index in [0.717, 1.165) is 44.4 Å². The van der Waals surface area contributed by atoms with Crippen LogP contribution in [0.1, 0.15) is 56.4 Å². The van der Waals surface area contributed by atoms with Gasteiger partial charge in [0.1, 0.15) is 5.58 Å². The third-order valence-corrected chi connectivity index (χ3v) is 6.23. The average molecular weight is 421 g/mol. The van der Waals surface area contributed by atoms with Crippen LogP contribution in [0.2, 0.25) is 0 Å². The molecular weight excluding hydrogens is 392 g/mol. The van der Waals surface area contributed by atoms with E-state index in [-0.39, 0.29) is 0 Å². The quantitative estimate of drug-likeness (QED) is 0.294. The molecule has 0 fully saturated rings. The number of benzene rings is 2. The largest absolute Gasteiger partial charge is 0.437 e. The molecule has 0 spiro atoms. The molecule has 32 heavy (non-hydrogen) atoms. The lowest BCUT2D eigenvalue weighted by Gasteiger charge is -2.11. The molecule has 0 amide bonds. The van der Waals surface area contributed by atoms with Crippen molar-refractivity contribution >= 4 is 22.1 Å². The molecule has 0 bridgehead atoms. The fourth-order valence-corrected chi connectivity index (χ4v) is 4.30. The van der Waals surface area contributed by atoms with Gasteiger partial charge in [-0.3, -0.25) is 4.98 Å². The number of furan rings is 1. The van der Waals surface area contributed by atoms with Crippen molar-refractivity contribution in [1.29, 1.82) is 0 Å². The van der Waals surface area contributed by atoms with Gasteiger partial charge in [0.05, 0.1) is 5.69 Å². The Morgan fingerprint density at radius 1 is 0.781 bits per heavy atom. The van der Waals surface area contributed by atoms with Crippen LogP contribution in [0.5, 0.6) is 0 Å². The number of rotatable bonds is 4. The van der Waals surface area contributed by atoms with Gasteiger partial charge in [-0.2, -0.15) is 0 Å². The van der Waals surface area contributed by atoms with Crippen LogP contribution in [0, 0.1) is 6.92 Å². The topological polar surface area (TPSA) is 38.9 Å². The van der Waals surface area contributed by atoms with Gasteiger partial charge in [-0.05, 0) is 65.3 Å². The lowest BCUT2D eigenvalue weighted by molar-refractivity contribution is 0.648. The van der Waals surface area contributed by atoms with E-state index in [4.69, 9.17) is 14.4 Å². The van der Waals surface area contributed by atoms with Gasteiger partial charge in [-0.15, -0.1) is 0 Å². The van der Waals surface area contributed by atoms with Crippen molar-refractivity contribution in [3.05, 3.63) is 83.7 Å². The fraction of sp³-hybridized carbons (Fsp3) is 0.241. The Balaban J connectivity index is 1.69. The first-order valence-corrected chi connectivity index (χ1v) is 11.3. The van der Waals surface area contributed by atoms with E-state index in [0.29, 0.717) is 17.5 Å². The predicted octanol–water partition coefficient (Wildman–Crippen LogP) is 8.27. The van der Waals surface area contributed by atoms with Crippen molar-refractivity contribution in [2.75, 3.05) is 0 Å².